The molecule has 6 heteroatoms. The summed E-state index contributed by atoms with van der Waals surface area (Å²) in [6.45, 7) is 4.28. The molecule has 92 valence electrons. The van der Waals surface area contributed by atoms with Crippen LogP contribution in [-0.2, 0) is 9.59 Å². The second-order valence-electron chi connectivity index (χ2n) is 4.67. The summed E-state index contributed by atoms with van der Waals surface area (Å²) < 4.78 is 0. The number of rotatable bonds is 5. The second-order valence-corrected chi connectivity index (χ2v) is 5.62. The van der Waals surface area contributed by atoms with E-state index in [2.05, 4.69) is 5.32 Å². The molecule has 1 heterocycles. The molecule has 2 amide bonds. The van der Waals surface area contributed by atoms with Gasteiger partial charge in [-0.1, -0.05) is 13.8 Å². The molecule has 0 atom stereocenters. The van der Waals surface area contributed by atoms with Crippen LogP contribution in [0.1, 0.15) is 13.8 Å². The maximum Gasteiger partial charge on any atom is 0.239 e. The first kappa shape index (κ1) is 13.3. The number of aliphatic hydroxyl groups excluding tert-OH is 1. The van der Waals surface area contributed by atoms with Gasteiger partial charge in [0.2, 0.25) is 11.8 Å². The van der Waals surface area contributed by atoms with Crippen LogP contribution in [0.5, 0.6) is 0 Å². The molecule has 1 aliphatic rings. The Labute approximate surface area is 99.6 Å². The highest BCUT2D eigenvalue weighted by atomic mass is 32.2. The molecule has 0 aromatic heterocycles. The fourth-order valence-electron chi connectivity index (χ4n) is 1.16. The van der Waals surface area contributed by atoms with Crippen LogP contribution in [0.25, 0.3) is 0 Å². The summed E-state index contributed by atoms with van der Waals surface area (Å²) in [7, 11) is 0. The van der Waals surface area contributed by atoms with E-state index in [1.165, 1.54) is 16.7 Å². The second kappa shape index (κ2) is 5.54. The average molecular weight is 246 g/mol. The smallest absolute Gasteiger partial charge is 0.239 e. The Morgan fingerprint density at radius 1 is 1.62 bits per heavy atom. The fraction of sp³-hybridized carbons (Fsp3) is 0.800. The van der Waals surface area contributed by atoms with Gasteiger partial charge in [-0.2, -0.15) is 0 Å². The number of carbonyl (C=O) groups excluding carboxylic acids is 2. The third kappa shape index (κ3) is 4.02. The van der Waals surface area contributed by atoms with Gasteiger partial charge in [-0.3, -0.25) is 9.59 Å². The summed E-state index contributed by atoms with van der Waals surface area (Å²) in [5.41, 5.74) is -0.320. The van der Waals surface area contributed by atoms with Gasteiger partial charge in [0.25, 0.3) is 0 Å². The van der Waals surface area contributed by atoms with Crippen LogP contribution in [0.2, 0.25) is 0 Å². The summed E-state index contributed by atoms with van der Waals surface area (Å²) in [5.74, 6) is 0.907. The van der Waals surface area contributed by atoms with Gasteiger partial charge in [0.05, 0.1) is 11.6 Å². The van der Waals surface area contributed by atoms with E-state index in [1.807, 2.05) is 13.8 Å². The molecule has 1 saturated heterocycles. The normalized spacial score (nSPS) is 16.7. The molecule has 1 aliphatic heterocycles. The molecular formula is C10H18N2O3S. The zero-order valence-corrected chi connectivity index (χ0v) is 10.5. The minimum Gasteiger partial charge on any atom is -0.396 e. The highest BCUT2D eigenvalue weighted by molar-refractivity contribution is 8.00. The van der Waals surface area contributed by atoms with Gasteiger partial charge in [0, 0.05) is 18.6 Å². The highest BCUT2D eigenvalue weighted by Gasteiger charge is 2.24. The van der Waals surface area contributed by atoms with Crippen LogP contribution >= 0.6 is 11.8 Å². The summed E-state index contributed by atoms with van der Waals surface area (Å²) in [5, 5.41) is 11.7. The molecule has 1 fully saturated rings. The lowest BCUT2D eigenvalue weighted by Crippen LogP contribution is -2.42. The quantitative estimate of drug-likeness (QED) is 0.696. The van der Waals surface area contributed by atoms with Crippen molar-refractivity contribution < 1.29 is 14.7 Å². The van der Waals surface area contributed by atoms with Crippen LogP contribution in [0.4, 0.5) is 0 Å². The molecule has 5 nitrogen and oxygen atoms in total. The van der Waals surface area contributed by atoms with Gasteiger partial charge in [0.1, 0.15) is 6.54 Å². The van der Waals surface area contributed by atoms with Gasteiger partial charge in [-0.05, 0) is 0 Å². The number of nitrogens with one attached hydrogen (secondary N) is 1. The third-order valence-corrected chi connectivity index (χ3v) is 3.30. The third-order valence-electron chi connectivity index (χ3n) is 2.35. The van der Waals surface area contributed by atoms with Crippen molar-refractivity contribution in [1.82, 2.24) is 10.2 Å². The number of hydrogen-bond acceptors (Lipinski definition) is 4. The van der Waals surface area contributed by atoms with Crippen LogP contribution in [0, 0.1) is 5.41 Å². The number of amides is 2. The predicted octanol–water partition coefficient (Wildman–Crippen LogP) is -0.346. The molecule has 0 aliphatic carbocycles. The lowest BCUT2D eigenvalue weighted by atomic mass is 9.95. The van der Waals surface area contributed by atoms with Gasteiger partial charge in [-0.15, -0.1) is 11.8 Å². The lowest BCUT2D eigenvalue weighted by Gasteiger charge is -2.22. The van der Waals surface area contributed by atoms with Crippen LogP contribution in [-0.4, -0.2) is 53.1 Å². The first-order chi connectivity index (χ1) is 7.44. The number of carbonyl (C=O) groups is 2. The lowest BCUT2D eigenvalue weighted by molar-refractivity contribution is -0.132. The minimum absolute atomic E-state index is 0.0153. The Morgan fingerprint density at radius 2 is 2.31 bits per heavy atom. The van der Waals surface area contributed by atoms with E-state index < -0.39 is 0 Å². The van der Waals surface area contributed by atoms with Gasteiger partial charge < -0.3 is 15.3 Å². The molecule has 1 rings (SSSR count). The van der Waals surface area contributed by atoms with E-state index in [0.29, 0.717) is 18.2 Å². The van der Waals surface area contributed by atoms with Gasteiger partial charge in [0.15, 0.2) is 0 Å². The van der Waals surface area contributed by atoms with Crippen LogP contribution in [0.15, 0.2) is 0 Å². The maximum absolute atomic E-state index is 11.5. The van der Waals surface area contributed by atoms with Crippen molar-refractivity contribution in [2.45, 2.75) is 13.8 Å². The Morgan fingerprint density at radius 3 is 2.81 bits per heavy atom. The molecule has 2 N–H and O–H groups in total. The summed E-state index contributed by atoms with van der Waals surface area (Å²) in [6, 6.07) is 0. The maximum atomic E-state index is 11.5. The van der Waals surface area contributed by atoms with Crippen LogP contribution in [0.3, 0.4) is 0 Å². The summed E-state index contributed by atoms with van der Waals surface area (Å²) >= 11 is 1.52. The molecule has 0 aromatic rings. The Kier molecular flexibility index (Phi) is 4.61. The van der Waals surface area contributed by atoms with Crippen molar-refractivity contribution in [3.63, 3.8) is 0 Å². The molecular weight excluding hydrogens is 228 g/mol. The molecule has 0 saturated carbocycles. The molecule has 0 aromatic carbocycles. The zero-order chi connectivity index (χ0) is 12.2. The number of nitrogens with zero attached hydrogens (tertiary/aromatic N) is 1. The predicted molar refractivity (Wildman–Crippen MR) is 62.9 cm³/mol. The van der Waals surface area contributed by atoms with Crippen molar-refractivity contribution in [2.24, 2.45) is 5.41 Å². The first-order valence-electron chi connectivity index (χ1n) is 5.18. The van der Waals surface area contributed by atoms with Crippen molar-refractivity contribution in [3.05, 3.63) is 0 Å². The standard InChI is InChI=1S/C10H18N2O3S/c1-10(2,6-13)5-11-8(14)3-12-7-16-4-9(12)15/h13H,3-7H2,1-2H3,(H,11,14). The molecule has 0 spiro atoms. The zero-order valence-electron chi connectivity index (χ0n) is 9.65. The molecule has 16 heavy (non-hydrogen) atoms. The van der Waals surface area contributed by atoms with Gasteiger partial charge >= 0.3 is 0 Å². The molecule has 0 unspecified atom stereocenters. The number of thioether (sulfide) groups is 1. The van der Waals surface area contributed by atoms with E-state index >= 15 is 0 Å². The van der Waals surface area contributed by atoms with E-state index in [9.17, 15) is 9.59 Å². The van der Waals surface area contributed by atoms with Crippen LogP contribution < -0.4 is 5.32 Å². The number of aliphatic hydroxyl groups is 1. The van der Waals surface area contributed by atoms with E-state index in [4.69, 9.17) is 5.11 Å². The summed E-state index contributed by atoms with van der Waals surface area (Å²) in [4.78, 5) is 24.3. The number of hydrogen-bond donors (Lipinski definition) is 2. The van der Waals surface area contributed by atoms with Crippen molar-refractivity contribution in [3.8, 4) is 0 Å². The van der Waals surface area contributed by atoms with E-state index in [1.54, 1.807) is 0 Å². The van der Waals surface area contributed by atoms with E-state index in [0.717, 1.165) is 0 Å². The van der Waals surface area contributed by atoms with Crippen molar-refractivity contribution in [1.29, 1.82) is 0 Å². The topological polar surface area (TPSA) is 69.6 Å². The SMILES string of the molecule is CC(C)(CO)CNC(=O)CN1CSCC1=O. The Balaban J connectivity index is 2.28. The highest BCUT2D eigenvalue weighted by Crippen LogP contribution is 2.14. The summed E-state index contributed by atoms with van der Waals surface area (Å²) in [6.07, 6.45) is 0. The minimum atomic E-state index is -0.320. The molecule has 0 radical (unpaired) electrons. The monoisotopic (exact) mass is 246 g/mol. The molecule has 0 bridgehead atoms. The van der Waals surface area contributed by atoms with Gasteiger partial charge in [-0.25, -0.2) is 0 Å². The van der Waals surface area contributed by atoms with Crippen molar-refractivity contribution >= 4 is 23.6 Å². The Hall–Kier alpha value is -0.750. The Bertz CT molecular complexity index is 281. The average Bonchev–Trinajstić information content (AvgIpc) is 2.62. The largest absolute Gasteiger partial charge is 0.396 e. The fourth-order valence-corrected chi connectivity index (χ4v) is 2.07. The van der Waals surface area contributed by atoms with Crippen molar-refractivity contribution in [2.75, 3.05) is 31.3 Å². The first-order valence-corrected chi connectivity index (χ1v) is 6.33. The van der Waals surface area contributed by atoms with E-state index in [-0.39, 0.29) is 30.4 Å².